The fraction of sp³-hybridized carbons (Fsp3) is 0.304. The van der Waals surface area contributed by atoms with Crippen LogP contribution in [0, 0.1) is 0 Å². The molecule has 0 spiro atoms. The number of nitrogens with zero attached hydrogens (tertiary/aromatic N) is 4. The molecule has 0 saturated carbocycles. The van der Waals surface area contributed by atoms with E-state index in [1.54, 1.807) is 11.8 Å². The highest BCUT2D eigenvalue weighted by Crippen LogP contribution is 2.37. The number of likely N-dealkylation sites (tertiary alicyclic amines) is 1. The van der Waals surface area contributed by atoms with Gasteiger partial charge >= 0.3 is 0 Å². The normalized spacial score (nSPS) is 17.0. The van der Waals surface area contributed by atoms with Gasteiger partial charge in [0.15, 0.2) is 5.82 Å². The van der Waals surface area contributed by atoms with E-state index >= 15 is 0 Å². The van der Waals surface area contributed by atoms with Crippen LogP contribution in [-0.2, 0) is 6.42 Å². The molecule has 1 saturated heterocycles. The minimum atomic E-state index is 0.461. The Morgan fingerprint density at radius 3 is 2.62 bits per heavy atom. The quantitative estimate of drug-likeness (QED) is 0.551. The van der Waals surface area contributed by atoms with Crippen LogP contribution in [0.1, 0.15) is 30.1 Å². The lowest BCUT2D eigenvalue weighted by atomic mass is 9.95. The van der Waals surface area contributed by atoms with E-state index in [1.165, 1.54) is 16.0 Å². The van der Waals surface area contributed by atoms with Gasteiger partial charge in [-0.25, -0.2) is 0 Å². The van der Waals surface area contributed by atoms with Crippen LogP contribution in [0.15, 0.2) is 58.8 Å². The second kappa shape index (κ2) is 8.34. The van der Waals surface area contributed by atoms with Crippen molar-refractivity contribution < 1.29 is 0 Å². The summed E-state index contributed by atoms with van der Waals surface area (Å²) in [5.41, 5.74) is 2.52. The Kier molecular flexibility index (Phi) is 5.44. The van der Waals surface area contributed by atoms with Crippen LogP contribution in [0.5, 0.6) is 0 Å². The van der Waals surface area contributed by atoms with Crippen molar-refractivity contribution in [3.05, 3.63) is 70.3 Å². The number of piperidine rings is 1. The standard InChI is InChI=1S/C23H23ClN4S/c24-19-7-5-17(6-8-19)9-12-27-13-10-18(11-14-27)22-25-26-23-20-3-1-2-4-21(20)29-16-15-28(22)23/h1-8,15-16,18H,9-14H2. The van der Waals surface area contributed by atoms with Gasteiger partial charge in [-0.05, 0) is 61.5 Å². The number of thioether (sulfide) groups is 1. The molecule has 2 aliphatic rings. The van der Waals surface area contributed by atoms with Crippen molar-refractivity contribution in [2.24, 2.45) is 0 Å². The fourth-order valence-corrected chi connectivity index (χ4v) is 5.08. The predicted octanol–water partition coefficient (Wildman–Crippen LogP) is 5.55. The first-order chi connectivity index (χ1) is 14.3. The van der Waals surface area contributed by atoms with E-state index < -0.39 is 0 Å². The van der Waals surface area contributed by atoms with Gasteiger partial charge in [-0.1, -0.05) is 53.7 Å². The Morgan fingerprint density at radius 2 is 1.79 bits per heavy atom. The molecule has 0 N–H and O–H groups in total. The number of hydrogen-bond donors (Lipinski definition) is 0. The van der Waals surface area contributed by atoms with Gasteiger partial charge in [0.25, 0.3) is 0 Å². The summed E-state index contributed by atoms with van der Waals surface area (Å²) in [7, 11) is 0. The summed E-state index contributed by atoms with van der Waals surface area (Å²) in [5.74, 6) is 2.52. The van der Waals surface area contributed by atoms with Crippen LogP contribution in [-0.4, -0.2) is 39.3 Å². The number of rotatable bonds is 4. The molecule has 2 aromatic carbocycles. The highest BCUT2D eigenvalue weighted by Gasteiger charge is 2.27. The van der Waals surface area contributed by atoms with Gasteiger partial charge in [0, 0.05) is 34.1 Å². The number of benzene rings is 2. The van der Waals surface area contributed by atoms with E-state index in [1.807, 2.05) is 12.1 Å². The molecule has 5 rings (SSSR count). The van der Waals surface area contributed by atoms with Crippen molar-refractivity contribution in [2.45, 2.75) is 30.1 Å². The second-order valence-corrected chi connectivity index (χ2v) is 9.03. The monoisotopic (exact) mass is 422 g/mol. The van der Waals surface area contributed by atoms with Gasteiger partial charge in [-0.2, -0.15) is 0 Å². The maximum atomic E-state index is 5.98. The minimum Gasteiger partial charge on any atom is -0.303 e. The molecule has 1 aromatic heterocycles. The molecule has 0 bridgehead atoms. The lowest BCUT2D eigenvalue weighted by molar-refractivity contribution is 0.211. The highest BCUT2D eigenvalue weighted by atomic mass is 35.5. The van der Waals surface area contributed by atoms with Crippen LogP contribution >= 0.6 is 23.4 Å². The Hall–Kier alpha value is -2.08. The van der Waals surface area contributed by atoms with E-state index in [-0.39, 0.29) is 0 Å². The van der Waals surface area contributed by atoms with Crippen LogP contribution in [0.2, 0.25) is 5.02 Å². The van der Waals surface area contributed by atoms with E-state index in [0.717, 1.165) is 55.6 Å². The van der Waals surface area contributed by atoms with Crippen molar-refractivity contribution >= 4 is 29.6 Å². The highest BCUT2D eigenvalue weighted by molar-refractivity contribution is 8.02. The Balaban J connectivity index is 1.25. The summed E-state index contributed by atoms with van der Waals surface area (Å²) in [4.78, 5) is 3.80. The van der Waals surface area contributed by atoms with Gasteiger partial charge in [-0.3, -0.25) is 4.57 Å². The maximum absolute atomic E-state index is 5.98. The Labute approximate surface area is 180 Å². The third-order valence-corrected chi connectivity index (χ3v) is 6.96. The molecule has 3 aromatic rings. The van der Waals surface area contributed by atoms with Gasteiger partial charge < -0.3 is 4.90 Å². The molecule has 0 atom stereocenters. The molecular weight excluding hydrogens is 400 g/mol. The van der Waals surface area contributed by atoms with Crippen LogP contribution < -0.4 is 0 Å². The molecule has 0 aliphatic carbocycles. The van der Waals surface area contributed by atoms with Gasteiger partial charge in [0.2, 0.25) is 0 Å². The number of fused-ring (bicyclic) bond motifs is 3. The van der Waals surface area contributed by atoms with Crippen molar-refractivity contribution in [2.75, 3.05) is 19.6 Å². The number of aromatic nitrogens is 3. The third kappa shape index (κ3) is 4.00. The summed E-state index contributed by atoms with van der Waals surface area (Å²) in [5, 5.41) is 12.1. The summed E-state index contributed by atoms with van der Waals surface area (Å²) < 4.78 is 2.20. The first-order valence-corrected chi connectivity index (χ1v) is 11.4. The van der Waals surface area contributed by atoms with E-state index in [4.69, 9.17) is 11.6 Å². The fourth-order valence-electron chi connectivity index (χ4n) is 4.18. The molecule has 1 fully saturated rings. The molecule has 3 heterocycles. The van der Waals surface area contributed by atoms with Crippen LogP contribution in [0.4, 0.5) is 0 Å². The Bertz CT molecular complexity index is 1020. The van der Waals surface area contributed by atoms with Crippen molar-refractivity contribution in [3.63, 3.8) is 0 Å². The van der Waals surface area contributed by atoms with Crippen LogP contribution in [0.25, 0.3) is 17.6 Å². The Morgan fingerprint density at radius 1 is 1.00 bits per heavy atom. The summed E-state index contributed by atoms with van der Waals surface area (Å²) in [6, 6.07) is 16.6. The summed E-state index contributed by atoms with van der Waals surface area (Å²) >= 11 is 7.73. The molecular formula is C23H23ClN4S. The van der Waals surface area contributed by atoms with Crippen molar-refractivity contribution in [3.8, 4) is 11.4 Å². The molecule has 0 radical (unpaired) electrons. The number of halogens is 1. The molecule has 6 heteroatoms. The third-order valence-electron chi connectivity index (χ3n) is 5.84. The lowest BCUT2D eigenvalue weighted by Crippen LogP contribution is -2.35. The van der Waals surface area contributed by atoms with Gasteiger partial charge in [0.05, 0.1) is 0 Å². The van der Waals surface area contributed by atoms with Crippen molar-refractivity contribution in [1.82, 2.24) is 19.7 Å². The number of hydrogen-bond acceptors (Lipinski definition) is 4. The zero-order valence-corrected chi connectivity index (χ0v) is 17.7. The zero-order valence-electron chi connectivity index (χ0n) is 16.2. The lowest BCUT2D eigenvalue weighted by Gasteiger charge is -2.31. The molecule has 148 valence electrons. The predicted molar refractivity (Wildman–Crippen MR) is 120 cm³/mol. The zero-order chi connectivity index (χ0) is 19.6. The average Bonchev–Trinajstić information content (AvgIpc) is 3.09. The van der Waals surface area contributed by atoms with Gasteiger partial charge in [0.1, 0.15) is 5.82 Å². The summed E-state index contributed by atoms with van der Waals surface area (Å²) in [6.07, 6.45) is 5.45. The molecule has 4 nitrogen and oxygen atoms in total. The molecule has 2 aliphatic heterocycles. The smallest absolute Gasteiger partial charge is 0.169 e. The SMILES string of the molecule is Clc1ccc(CCN2CCC(c3nnc4n3C=CSc3ccccc3-4)CC2)cc1. The van der Waals surface area contributed by atoms with Crippen molar-refractivity contribution in [1.29, 1.82) is 0 Å². The van der Waals surface area contributed by atoms with Gasteiger partial charge in [-0.15, -0.1) is 10.2 Å². The molecule has 29 heavy (non-hydrogen) atoms. The topological polar surface area (TPSA) is 34.0 Å². The van der Waals surface area contributed by atoms with E-state index in [2.05, 4.69) is 67.7 Å². The van der Waals surface area contributed by atoms with E-state index in [0.29, 0.717) is 5.92 Å². The molecule has 0 unspecified atom stereocenters. The van der Waals surface area contributed by atoms with Crippen LogP contribution in [0.3, 0.4) is 0 Å². The first-order valence-electron chi connectivity index (χ1n) is 10.1. The first kappa shape index (κ1) is 18.9. The minimum absolute atomic E-state index is 0.461. The van der Waals surface area contributed by atoms with E-state index in [9.17, 15) is 0 Å². The summed E-state index contributed by atoms with van der Waals surface area (Å²) in [6.45, 7) is 3.31. The largest absolute Gasteiger partial charge is 0.303 e. The average molecular weight is 423 g/mol. The maximum Gasteiger partial charge on any atom is 0.169 e. The second-order valence-electron chi connectivity index (χ2n) is 7.64. The molecule has 0 amide bonds.